The molecule has 0 spiro atoms. The maximum absolute atomic E-state index is 12.4. The summed E-state index contributed by atoms with van der Waals surface area (Å²) in [6, 6.07) is 13.7. The van der Waals surface area contributed by atoms with Crippen LogP contribution in [0.3, 0.4) is 0 Å². The fraction of sp³-hybridized carbons (Fsp3) is 0.286. The number of carbonyl (C=O) groups is 1. The molecule has 0 heterocycles. The summed E-state index contributed by atoms with van der Waals surface area (Å²) in [6.45, 7) is 8.40. The van der Waals surface area contributed by atoms with E-state index in [1.807, 2.05) is 38.1 Å². The molecule has 0 bridgehead atoms. The number of amides is 1. The second kappa shape index (κ2) is 10.2. The van der Waals surface area contributed by atoms with Gasteiger partial charge in [-0.15, -0.1) is 6.58 Å². The molecule has 6 nitrogen and oxygen atoms in total. The zero-order valence-corrected chi connectivity index (χ0v) is 17.0. The van der Waals surface area contributed by atoms with E-state index in [9.17, 15) is 13.2 Å². The van der Waals surface area contributed by atoms with Crippen LogP contribution in [0.15, 0.2) is 66.1 Å². The normalized spacial score (nSPS) is 11.4. The average Bonchev–Trinajstić information content (AvgIpc) is 2.69. The van der Waals surface area contributed by atoms with Crippen molar-refractivity contribution in [1.82, 2.24) is 10.0 Å². The number of benzene rings is 2. The molecule has 0 aliphatic rings. The van der Waals surface area contributed by atoms with Gasteiger partial charge in [-0.25, -0.2) is 13.1 Å². The predicted molar refractivity (Wildman–Crippen MR) is 109 cm³/mol. The summed E-state index contributed by atoms with van der Waals surface area (Å²) < 4.78 is 32.4. The minimum absolute atomic E-state index is 0.0369. The molecule has 2 aromatic carbocycles. The first-order valence-electron chi connectivity index (χ1n) is 9.00. The van der Waals surface area contributed by atoms with E-state index in [4.69, 9.17) is 4.74 Å². The second-order valence-electron chi connectivity index (χ2n) is 6.53. The summed E-state index contributed by atoms with van der Waals surface area (Å²) >= 11 is 0. The fourth-order valence-corrected chi connectivity index (χ4v) is 3.48. The molecule has 0 aromatic heterocycles. The molecule has 0 radical (unpaired) electrons. The molecule has 0 aliphatic heterocycles. The minimum atomic E-state index is -3.68. The van der Waals surface area contributed by atoms with E-state index in [1.165, 1.54) is 18.2 Å². The van der Waals surface area contributed by atoms with Crippen molar-refractivity contribution in [3.05, 3.63) is 77.9 Å². The third-order valence-electron chi connectivity index (χ3n) is 3.85. The van der Waals surface area contributed by atoms with Gasteiger partial charge in [-0.2, -0.15) is 0 Å². The number of hydrogen-bond donors (Lipinski definition) is 2. The highest BCUT2D eigenvalue weighted by molar-refractivity contribution is 7.89. The SMILES string of the molecule is C=CCNS(=O)(=O)c1cccc(C(=O)NCc2cccc(COC(C)C)c2)c1. The lowest BCUT2D eigenvalue weighted by Crippen LogP contribution is -2.25. The van der Waals surface area contributed by atoms with Crippen molar-refractivity contribution in [3.8, 4) is 0 Å². The fourth-order valence-electron chi connectivity index (χ4n) is 2.43. The lowest BCUT2D eigenvalue weighted by molar-refractivity contribution is 0.0657. The quantitative estimate of drug-likeness (QED) is 0.599. The first-order valence-corrected chi connectivity index (χ1v) is 10.5. The van der Waals surface area contributed by atoms with E-state index >= 15 is 0 Å². The number of carbonyl (C=O) groups excluding carboxylic acids is 1. The van der Waals surface area contributed by atoms with Crippen LogP contribution in [0.5, 0.6) is 0 Å². The van der Waals surface area contributed by atoms with Crippen molar-refractivity contribution >= 4 is 15.9 Å². The maximum atomic E-state index is 12.4. The monoisotopic (exact) mass is 402 g/mol. The molecule has 7 heteroatoms. The Balaban J connectivity index is 2.03. The van der Waals surface area contributed by atoms with E-state index in [1.54, 1.807) is 12.1 Å². The van der Waals surface area contributed by atoms with Crippen molar-refractivity contribution < 1.29 is 17.9 Å². The Morgan fingerprint density at radius 2 is 1.86 bits per heavy atom. The van der Waals surface area contributed by atoms with Crippen LogP contribution < -0.4 is 10.0 Å². The van der Waals surface area contributed by atoms with Gasteiger partial charge in [0.2, 0.25) is 10.0 Å². The van der Waals surface area contributed by atoms with E-state index in [-0.39, 0.29) is 29.0 Å². The number of hydrogen-bond acceptors (Lipinski definition) is 4. The molecule has 0 saturated heterocycles. The summed E-state index contributed by atoms with van der Waals surface area (Å²) in [5.74, 6) is -0.343. The summed E-state index contributed by atoms with van der Waals surface area (Å²) in [5.41, 5.74) is 2.25. The summed E-state index contributed by atoms with van der Waals surface area (Å²) in [4.78, 5) is 12.5. The Kier molecular flexibility index (Phi) is 7.92. The van der Waals surface area contributed by atoms with Crippen LogP contribution in [0, 0.1) is 0 Å². The van der Waals surface area contributed by atoms with E-state index in [0.717, 1.165) is 11.1 Å². The summed E-state index contributed by atoms with van der Waals surface area (Å²) in [5, 5.41) is 2.82. The predicted octanol–water partition coefficient (Wildman–Crippen LogP) is 3.01. The van der Waals surface area contributed by atoms with Crippen LogP contribution in [-0.4, -0.2) is 27.0 Å². The molecular weight excluding hydrogens is 376 g/mol. The Morgan fingerprint density at radius 1 is 1.14 bits per heavy atom. The zero-order chi connectivity index (χ0) is 20.6. The van der Waals surface area contributed by atoms with Gasteiger partial charge in [0.05, 0.1) is 17.6 Å². The zero-order valence-electron chi connectivity index (χ0n) is 16.1. The molecule has 2 rings (SSSR count). The van der Waals surface area contributed by atoms with Crippen molar-refractivity contribution in [2.45, 2.75) is 38.0 Å². The van der Waals surface area contributed by atoms with Crippen LogP contribution in [0.25, 0.3) is 0 Å². The van der Waals surface area contributed by atoms with Gasteiger partial charge in [0.1, 0.15) is 0 Å². The molecule has 0 saturated carbocycles. The van der Waals surface area contributed by atoms with Crippen LogP contribution in [0.2, 0.25) is 0 Å². The van der Waals surface area contributed by atoms with E-state index < -0.39 is 10.0 Å². The van der Waals surface area contributed by atoms with Crippen LogP contribution in [-0.2, 0) is 27.9 Å². The van der Waals surface area contributed by atoms with Crippen molar-refractivity contribution in [3.63, 3.8) is 0 Å². The Bertz CT molecular complexity index is 924. The van der Waals surface area contributed by atoms with Gasteiger partial charge in [0.25, 0.3) is 5.91 Å². The van der Waals surface area contributed by atoms with E-state index in [0.29, 0.717) is 13.2 Å². The molecule has 0 unspecified atom stereocenters. The van der Waals surface area contributed by atoms with Crippen molar-refractivity contribution in [2.75, 3.05) is 6.54 Å². The Morgan fingerprint density at radius 3 is 2.57 bits per heavy atom. The largest absolute Gasteiger partial charge is 0.374 e. The van der Waals surface area contributed by atoms with Crippen LogP contribution >= 0.6 is 0 Å². The number of nitrogens with one attached hydrogen (secondary N) is 2. The Labute approximate surface area is 166 Å². The third kappa shape index (κ3) is 6.60. The summed E-state index contributed by atoms with van der Waals surface area (Å²) in [7, 11) is -3.68. The van der Waals surface area contributed by atoms with Gasteiger partial charge in [-0.05, 0) is 43.2 Å². The highest BCUT2D eigenvalue weighted by atomic mass is 32.2. The third-order valence-corrected chi connectivity index (χ3v) is 5.27. The molecule has 2 N–H and O–H groups in total. The lowest BCUT2D eigenvalue weighted by atomic mass is 10.1. The van der Waals surface area contributed by atoms with Gasteiger partial charge >= 0.3 is 0 Å². The van der Waals surface area contributed by atoms with Crippen LogP contribution in [0.1, 0.15) is 35.3 Å². The van der Waals surface area contributed by atoms with Gasteiger partial charge in [-0.3, -0.25) is 4.79 Å². The first kappa shape index (κ1) is 21.8. The van der Waals surface area contributed by atoms with Gasteiger partial charge in [0.15, 0.2) is 0 Å². The molecule has 0 atom stereocenters. The molecule has 150 valence electrons. The second-order valence-corrected chi connectivity index (χ2v) is 8.30. The highest BCUT2D eigenvalue weighted by Gasteiger charge is 2.15. The smallest absolute Gasteiger partial charge is 0.251 e. The molecule has 2 aromatic rings. The lowest BCUT2D eigenvalue weighted by Gasteiger charge is -2.10. The topological polar surface area (TPSA) is 84.5 Å². The minimum Gasteiger partial charge on any atom is -0.374 e. The van der Waals surface area contributed by atoms with Crippen LogP contribution in [0.4, 0.5) is 0 Å². The molecular formula is C21H26N2O4S. The highest BCUT2D eigenvalue weighted by Crippen LogP contribution is 2.12. The maximum Gasteiger partial charge on any atom is 0.251 e. The standard InChI is InChI=1S/C21H26N2O4S/c1-4-11-23-28(25,26)20-10-6-9-19(13-20)21(24)22-14-17-7-5-8-18(12-17)15-27-16(2)3/h4-10,12-13,16,23H,1,11,14-15H2,2-3H3,(H,22,24). The first-order chi connectivity index (χ1) is 13.3. The number of rotatable bonds is 10. The average molecular weight is 403 g/mol. The van der Waals surface area contributed by atoms with Gasteiger partial charge < -0.3 is 10.1 Å². The van der Waals surface area contributed by atoms with E-state index in [2.05, 4.69) is 16.6 Å². The number of sulfonamides is 1. The van der Waals surface area contributed by atoms with Gasteiger partial charge in [0, 0.05) is 18.7 Å². The summed E-state index contributed by atoms with van der Waals surface area (Å²) in [6.07, 6.45) is 1.60. The molecule has 0 fully saturated rings. The van der Waals surface area contributed by atoms with Crippen molar-refractivity contribution in [2.24, 2.45) is 0 Å². The molecule has 1 amide bonds. The molecule has 28 heavy (non-hydrogen) atoms. The number of ether oxygens (including phenoxy) is 1. The Hall–Kier alpha value is -2.48. The molecule has 0 aliphatic carbocycles. The van der Waals surface area contributed by atoms with Gasteiger partial charge in [-0.1, -0.05) is 36.4 Å². The van der Waals surface area contributed by atoms with Crippen molar-refractivity contribution in [1.29, 1.82) is 0 Å².